The monoisotopic (exact) mass is 469 g/mol. The van der Waals surface area contributed by atoms with Crippen molar-refractivity contribution in [1.82, 2.24) is 30.4 Å². The highest BCUT2D eigenvalue weighted by Gasteiger charge is 2.33. The molecule has 8 nitrogen and oxygen atoms in total. The van der Waals surface area contributed by atoms with Crippen LogP contribution in [-0.2, 0) is 0 Å². The molecule has 0 unspecified atom stereocenters. The highest BCUT2D eigenvalue weighted by atomic mass is 16.5. The molecule has 3 saturated heterocycles. The standard InChI is InChI=1S/C27H31N7O/c1-33-10-2-3-22(33)16-35-27-30-25-12-18(17-4-5-19-13-28-32-24(19)11-17)6-9-23(25)26(31-27)34-14-20-7-8-21(15-34)29-20/h4-6,9,11-13,20-22,29H,2-3,7-8,10,14-16H2,1H3,(H,28,32)/t20-,21+,22-/m0/s1. The van der Waals surface area contributed by atoms with Crippen molar-refractivity contribution in [1.29, 1.82) is 0 Å². The number of likely N-dealkylation sites (N-methyl/N-ethyl adjacent to an activating group) is 1. The number of benzene rings is 2. The highest BCUT2D eigenvalue weighted by Crippen LogP contribution is 2.33. The van der Waals surface area contributed by atoms with E-state index < -0.39 is 0 Å². The number of anilines is 1. The largest absolute Gasteiger partial charge is 0.462 e. The quantitative estimate of drug-likeness (QED) is 0.462. The summed E-state index contributed by atoms with van der Waals surface area (Å²) in [4.78, 5) is 14.7. The second-order valence-electron chi connectivity index (χ2n) is 10.4. The molecule has 8 heteroatoms. The molecule has 3 atom stereocenters. The molecule has 0 aliphatic carbocycles. The zero-order chi connectivity index (χ0) is 23.4. The van der Waals surface area contributed by atoms with Crippen molar-refractivity contribution in [2.45, 2.75) is 43.8 Å². The minimum atomic E-state index is 0.431. The molecule has 3 fully saturated rings. The van der Waals surface area contributed by atoms with Crippen LogP contribution in [0.3, 0.4) is 0 Å². The van der Waals surface area contributed by atoms with E-state index >= 15 is 0 Å². The summed E-state index contributed by atoms with van der Waals surface area (Å²) in [7, 11) is 2.17. The number of ether oxygens (including phenoxy) is 1. The Hall–Kier alpha value is -3.23. The fourth-order valence-corrected chi connectivity index (χ4v) is 6.02. The summed E-state index contributed by atoms with van der Waals surface area (Å²) < 4.78 is 6.24. The normalized spacial score (nSPS) is 24.6. The van der Waals surface area contributed by atoms with Crippen molar-refractivity contribution in [3.8, 4) is 17.1 Å². The number of likely N-dealkylation sites (tertiary alicyclic amines) is 1. The van der Waals surface area contributed by atoms with Gasteiger partial charge in [0.1, 0.15) is 12.4 Å². The zero-order valence-electron chi connectivity index (χ0n) is 20.1. The van der Waals surface area contributed by atoms with E-state index in [0.29, 0.717) is 30.7 Å². The van der Waals surface area contributed by atoms with Gasteiger partial charge in [-0.2, -0.15) is 15.1 Å². The number of fused-ring (bicyclic) bond motifs is 4. The first kappa shape index (κ1) is 21.1. The molecule has 0 saturated carbocycles. The average Bonchev–Trinajstić information content (AvgIpc) is 3.61. The Morgan fingerprint density at radius 2 is 1.83 bits per heavy atom. The molecular formula is C27H31N7O. The third-order valence-electron chi connectivity index (χ3n) is 8.02. The summed E-state index contributed by atoms with van der Waals surface area (Å²) in [6.07, 6.45) is 6.72. The van der Waals surface area contributed by atoms with E-state index in [-0.39, 0.29) is 0 Å². The second-order valence-corrected chi connectivity index (χ2v) is 10.4. The molecule has 0 radical (unpaired) electrons. The molecule has 180 valence electrons. The van der Waals surface area contributed by atoms with Crippen molar-refractivity contribution >= 4 is 27.6 Å². The SMILES string of the molecule is CN1CCC[C@H]1COc1nc(N2C[C@H]3CC[C@@H](C2)N3)c2ccc(-c3ccc4cn[nH]c4c3)cc2n1. The number of hydrogen-bond acceptors (Lipinski definition) is 7. The Kier molecular flexibility index (Phi) is 5.10. The van der Waals surface area contributed by atoms with Crippen LogP contribution >= 0.6 is 0 Å². The van der Waals surface area contributed by atoms with E-state index in [2.05, 4.69) is 68.8 Å². The van der Waals surface area contributed by atoms with E-state index in [4.69, 9.17) is 14.7 Å². The third kappa shape index (κ3) is 3.90. The number of hydrogen-bond donors (Lipinski definition) is 2. The number of aromatic amines is 1. The van der Waals surface area contributed by atoms with Gasteiger partial charge in [0.15, 0.2) is 0 Å². The molecule has 3 aliphatic heterocycles. The molecule has 0 spiro atoms. The molecule has 3 aliphatic rings. The van der Waals surface area contributed by atoms with Gasteiger partial charge in [0.25, 0.3) is 0 Å². The summed E-state index contributed by atoms with van der Waals surface area (Å²) in [5.41, 5.74) is 4.23. The van der Waals surface area contributed by atoms with Crippen LogP contribution in [0.2, 0.25) is 0 Å². The van der Waals surface area contributed by atoms with Gasteiger partial charge >= 0.3 is 6.01 Å². The van der Waals surface area contributed by atoms with Gasteiger partial charge in [-0.1, -0.05) is 18.2 Å². The Morgan fingerprint density at radius 1 is 1.00 bits per heavy atom. The molecule has 2 aromatic carbocycles. The number of rotatable bonds is 5. The number of piperazine rings is 1. The van der Waals surface area contributed by atoms with Crippen molar-refractivity contribution in [3.63, 3.8) is 0 Å². The van der Waals surface area contributed by atoms with Gasteiger partial charge < -0.3 is 19.9 Å². The smallest absolute Gasteiger partial charge is 0.319 e. The maximum atomic E-state index is 6.24. The molecule has 7 rings (SSSR count). The molecule has 2 aromatic heterocycles. The van der Waals surface area contributed by atoms with Gasteiger partial charge in [-0.15, -0.1) is 0 Å². The number of H-pyrrole nitrogens is 1. The summed E-state index contributed by atoms with van der Waals surface area (Å²) in [5.74, 6) is 0.999. The number of nitrogens with one attached hydrogen (secondary N) is 2. The van der Waals surface area contributed by atoms with Crippen LogP contribution in [0.1, 0.15) is 25.7 Å². The molecular weight excluding hydrogens is 438 g/mol. The summed E-state index contributed by atoms with van der Waals surface area (Å²) >= 11 is 0. The van der Waals surface area contributed by atoms with E-state index in [1.54, 1.807) is 0 Å². The first-order chi connectivity index (χ1) is 17.2. The molecule has 4 aromatic rings. The number of nitrogens with zero attached hydrogens (tertiary/aromatic N) is 5. The van der Waals surface area contributed by atoms with Crippen LogP contribution in [0.4, 0.5) is 5.82 Å². The van der Waals surface area contributed by atoms with E-state index in [1.165, 1.54) is 19.3 Å². The maximum absolute atomic E-state index is 6.24. The van der Waals surface area contributed by atoms with Crippen LogP contribution in [0.5, 0.6) is 6.01 Å². The average molecular weight is 470 g/mol. The van der Waals surface area contributed by atoms with Crippen LogP contribution in [0.25, 0.3) is 32.9 Å². The van der Waals surface area contributed by atoms with Gasteiger partial charge in [0.05, 0.1) is 17.2 Å². The highest BCUT2D eigenvalue weighted by molar-refractivity contribution is 5.94. The van der Waals surface area contributed by atoms with E-state index in [0.717, 1.165) is 64.8 Å². The Balaban J connectivity index is 1.28. The van der Waals surface area contributed by atoms with Crippen LogP contribution in [0.15, 0.2) is 42.6 Å². The predicted molar refractivity (Wildman–Crippen MR) is 138 cm³/mol. The van der Waals surface area contributed by atoms with Gasteiger partial charge in [-0.05, 0) is 68.6 Å². The molecule has 2 bridgehead atoms. The van der Waals surface area contributed by atoms with Gasteiger partial charge in [0.2, 0.25) is 0 Å². The van der Waals surface area contributed by atoms with Crippen molar-refractivity contribution in [2.75, 3.05) is 38.2 Å². The Bertz CT molecular complexity index is 1370. The van der Waals surface area contributed by atoms with Gasteiger partial charge in [-0.25, -0.2) is 0 Å². The fraction of sp³-hybridized carbons (Fsp3) is 0.444. The minimum absolute atomic E-state index is 0.431. The topological polar surface area (TPSA) is 82.2 Å². The second kappa shape index (κ2) is 8.46. The number of aromatic nitrogens is 4. The molecule has 2 N–H and O–H groups in total. The lowest BCUT2D eigenvalue weighted by atomic mass is 10.0. The maximum Gasteiger partial charge on any atom is 0.319 e. The summed E-state index contributed by atoms with van der Waals surface area (Å²) in [6.45, 7) is 3.72. The first-order valence-electron chi connectivity index (χ1n) is 12.8. The van der Waals surface area contributed by atoms with Gasteiger partial charge in [-0.3, -0.25) is 5.10 Å². The molecule has 0 amide bonds. The summed E-state index contributed by atoms with van der Waals surface area (Å²) in [5, 5.41) is 13.2. The van der Waals surface area contributed by atoms with Crippen LogP contribution in [0, 0.1) is 0 Å². The van der Waals surface area contributed by atoms with Crippen molar-refractivity contribution in [2.24, 2.45) is 0 Å². The van der Waals surface area contributed by atoms with Crippen molar-refractivity contribution in [3.05, 3.63) is 42.6 Å². The lowest BCUT2D eigenvalue weighted by Crippen LogP contribution is -2.51. The fourth-order valence-electron chi connectivity index (χ4n) is 6.02. The lowest BCUT2D eigenvalue weighted by molar-refractivity contribution is 0.188. The first-order valence-corrected chi connectivity index (χ1v) is 12.8. The third-order valence-corrected chi connectivity index (χ3v) is 8.02. The molecule has 35 heavy (non-hydrogen) atoms. The Morgan fingerprint density at radius 3 is 2.66 bits per heavy atom. The predicted octanol–water partition coefficient (Wildman–Crippen LogP) is 3.59. The Labute approximate surface area is 204 Å². The molecule has 5 heterocycles. The van der Waals surface area contributed by atoms with Gasteiger partial charge in [0, 0.05) is 42.0 Å². The zero-order valence-corrected chi connectivity index (χ0v) is 20.1. The van der Waals surface area contributed by atoms with E-state index in [9.17, 15) is 0 Å². The summed E-state index contributed by atoms with van der Waals surface area (Å²) in [6, 6.07) is 14.9. The van der Waals surface area contributed by atoms with Crippen molar-refractivity contribution < 1.29 is 4.74 Å². The van der Waals surface area contributed by atoms with Crippen LogP contribution < -0.4 is 15.0 Å². The van der Waals surface area contributed by atoms with Crippen LogP contribution in [-0.4, -0.2) is 76.5 Å². The lowest BCUT2D eigenvalue weighted by Gasteiger charge is -2.34. The van der Waals surface area contributed by atoms with E-state index in [1.807, 2.05) is 6.20 Å². The minimum Gasteiger partial charge on any atom is -0.462 e.